The summed E-state index contributed by atoms with van der Waals surface area (Å²) in [5, 5.41) is 0. The second-order valence-corrected chi connectivity index (χ2v) is 2.84. The molecule has 0 amide bonds. The van der Waals surface area contributed by atoms with Crippen LogP contribution in [-0.2, 0) is 0 Å². The second kappa shape index (κ2) is 3.59. The molecule has 0 atom stereocenters. The fraction of sp³-hybridized carbons (Fsp3) is 0.143. The van der Waals surface area contributed by atoms with Crippen LogP contribution < -0.4 is 16.0 Å². The Morgan fingerprint density at radius 3 is 2.73 bits per heavy atom. The summed E-state index contributed by atoms with van der Waals surface area (Å²) in [5.41, 5.74) is 3.38. The molecule has 60 valence electrons. The molecule has 0 unspecified atom stereocenters. The molecule has 11 heavy (non-hydrogen) atoms. The van der Waals surface area contributed by atoms with Gasteiger partial charge in [-0.25, -0.2) is 0 Å². The van der Waals surface area contributed by atoms with Crippen molar-refractivity contribution in [3.8, 4) is 5.75 Å². The van der Waals surface area contributed by atoms with Gasteiger partial charge in [-0.3, -0.25) is 5.84 Å². The van der Waals surface area contributed by atoms with Gasteiger partial charge in [-0.1, -0.05) is 0 Å². The number of ether oxygens (including phenoxy) is 1. The van der Waals surface area contributed by atoms with Gasteiger partial charge in [0, 0.05) is 4.47 Å². The number of hydrogen-bond acceptors (Lipinski definition) is 3. The molecule has 1 aromatic rings. The van der Waals surface area contributed by atoms with Crippen molar-refractivity contribution in [2.24, 2.45) is 5.84 Å². The summed E-state index contributed by atoms with van der Waals surface area (Å²) >= 11 is 3.33. The summed E-state index contributed by atoms with van der Waals surface area (Å²) in [6.45, 7) is 0. The average molecular weight is 217 g/mol. The molecular weight excluding hydrogens is 208 g/mol. The van der Waals surface area contributed by atoms with Crippen LogP contribution in [0.2, 0.25) is 0 Å². The molecule has 0 saturated heterocycles. The standard InChI is InChI=1S/C7H9BrN2O/c1-11-5-2-3-7(10-9)6(8)4-5/h2-4,10H,9H2,1H3. The van der Waals surface area contributed by atoms with Gasteiger partial charge < -0.3 is 10.2 Å². The van der Waals surface area contributed by atoms with Crippen LogP contribution in [-0.4, -0.2) is 7.11 Å². The first kappa shape index (κ1) is 8.36. The highest BCUT2D eigenvalue weighted by atomic mass is 79.9. The van der Waals surface area contributed by atoms with Gasteiger partial charge in [0.2, 0.25) is 0 Å². The molecule has 3 nitrogen and oxygen atoms in total. The van der Waals surface area contributed by atoms with Crippen LogP contribution in [0, 0.1) is 0 Å². The van der Waals surface area contributed by atoms with Gasteiger partial charge in [0.1, 0.15) is 5.75 Å². The van der Waals surface area contributed by atoms with Gasteiger partial charge in [0.25, 0.3) is 0 Å². The number of halogens is 1. The lowest BCUT2D eigenvalue weighted by Crippen LogP contribution is -2.06. The van der Waals surface area contributed by atoms with E-state index in [9.17, 15) is 0 Å². The summed E-state index contributed by atoms with van der Waals surface area (Å²) in [6.07, 6.45) is 0. The Balaban J connectivity index is 2.99. The lowest BCUT2D eigenvalue weighted by Gasteiger charge is -2.04. The van der Waals surface area contributed by atoms with Crippen molar-refractivity contribution in [1.29, 1.82) is 0 Å². The summed E-state index contributed by atoms with van der Waals surface area (Å²) in [6, 6.07) is 5.51. The van der Waals surface area contributed by atoms with Crippen molar-refractivity contribution < 1.29 is 4.74 Å². The number of rotatable bonds is 2. The molecule has 0 aliphatic rings. The van der Waals surface area contributed by atoms with Crippen molar-refractivity contribution in [2.45, 2.75) is 0 Å². The van der Waals surface area contributed by atoms with E-state index in [1.54, 1.807) is 7.11 Å². The van der Waals surface area contributed by atoms with Gasteiger partial charge in [0.15, 0.2) is 0 Å². The molecule has 1 rings (SSSR count). The van der Waals surface area contributed by atoms with Gasteiger partial charge in [-0.05, 0) is 34.1 Å². The maximum atomic E-state index is 5.22. The van der Waals surface area contributed by atoms with Crippen molar-refractivity contribution in [1.82, 2.24) is 0 Å². The molecule has 0 saturated carbocycles. The molecule has 0 aliphatic heterocycles. The number of benzene rings is 1. The topological polar surface area (TPSA) is 47.3 Å². The minimum absolute atomic E-state index is 0.802. The van der Waals surface area contributed by atoms with Crippen LogP contribution in [0.5, 0.6) is 5.75 Å². The second-order valence-electron chi connectivity index (χ2n) is 1.99. The molecule has 1 aromatic carbocycles. The van der Waals surface area contributed by atoms with E-state index in [0.717, 1.165) is 15.9 Å². The van der Waals surface area contributed by atoms with E-state index < -0.39 is 0 Å². The van der Waals surface area contributed by atoms with E-state index in [4.69, 9.17) is 10.6 Å². The number of methoxy groups -OCH3 is 1. The lowest BCUT2D eigenvalue weighted by molar-refractivity contribution is 0.414. The number of anilines is 1. The Kier molecular flexibility index (Phi) is 2.73. The van der Waals surface area contributed by atoms with E-state index >= 15 is 0 Å². The van der Waals surface area contributed by atoms with Gasteiger partial charge in [0.05, 0.1) is 12.8 Å². The van der Waals surface area contributed by atoms with Crippen LogP contribution in [0.15, 0.2) is 22.7 Å². The zero-order valence-corrected chi connectivity index (χ0v) is 7.68. The van der Waals surface area contributed by atoms with Crippen LogP contribution >= 0.6 is 15.9 Å². The van der Waals surface area contributed by atoms with E-state index in [1.165, 1.54) is 0 Å². The third-order valence-electron chi connectivity index (χ3n) is 1.33. The normalized spacial score (nSPS) is 9.36. The fourth-order valence-electron chi connectivity index (χ4n) is 0.740. The highest BCUT2D eigenvalue weighted by molar-refractivity contribution is 9.10. The molecule has 0 aromatic heterocycles. The van der Waals surface area contributed by atoms with Crippen molar-refractivity contribution >= 4 is 21.6 Å². The predicted molar refractivity (Wildman–Crippen MR) is 48.5 cm³/mol. The predicted octanol–water partition coefficient (Wildman–Crippen LogP) is 1.74. The monoisotopic (exact) mass is 216 g/mol. The SMILES string of the molecule is COc1ccc(NN)c(Br)c1. The number of hydrogen-bond donors (Lipinski definition) is 2. The number of nitrogen functional groups attached to an aromatic ring is 1. The highest BCUT2D eigenvalue weighted by Crippen LogP contribution is 2.25. The zero-order chi connectivity index (χ0) is 8.27. The largest absolute Gasteiger partial charge is 0.497 e. The third-order valence-corrected chi connectivity index (χ3v) is 1.99. The molecular formula is C7H9BrN2O. The first-order chi connectivity index (χ1) is 5.27. The number of hydrazine groups is 1. The molecule has 0 heterocycles. The Hall–Kier alpha value is -0.740. The molecule has 0 bridgehead atoms. The molecule has 4 heteroatoms. The van der Waals surface area contributed by atoms with E-state index in [2.05, 4.69) is 21.4 Å². The van der Waals surface area contributed by atoms with E-state index in [1.807, 2.05) is 18.2 Å². The molecule has 0 spiro atoms. The third kappa shape index (κ3) is 1.85. The molecule has 0 fully saturated rings. The molecule has 0 aliphatic carbocycles. The number of nitrogens with two attached hydrogens (primary N) is 1. The lowest BCUT2D eigenvalue weighted by atomic mass is 10.3. The van der Waals surface area contributed by atoms with Gasteiger partial charge in [-0.2, -0.15) is 0 Å². The minimum atomic E-state index is 0.802. The van der Waals surface area contributed by atoms with Crippen LogP contribution in [0.25, 0.3) is 0 Å². The van der Waals surface area contributed by atoms with Gasteiger partial charge in [-0.15, -0.1) is 0 Å². The molecule has 3 N–H and O–H groups in total. The summed E-state index contributed by atoms with van der Waals surface area (Å²) in [7, 11) is 1.62. The van der Waals surface area contributed by atoms with Crippen molar-refractivity contribution in [3.63, 3.8) is 0 Å². The summed E-state index contributed by atoms with van der Waals surface area (Å²) in [5.74, 6) is 6.02. The summed E-state index contributed by atoms with van der Waals surface area (Å²) in [4.78, 5) is 0. The summed E-state index contributed by atoms with van der Waals surface area (Å²) < 4.78 is 5.88. The fourth-order valence-corrected chi connectivity index (χ4v) is 1.21. The van der Waals surface area contributed by atoms with E-state index in [0.29, 0.717) is 0 Å². The Bertz CT molecular complexity index is 252. The first-order valence-corrected chi connectivity index (χ1v) is 3.87. The van der Waals surface area contributed by atoms with Gasteiger partial charge >= 0.3 is 0 Å². The van der Waals surface area contributed by atoms with Crippen LogP contribution in [0.1, 0.15) is 0 Å². The van der Waals surface area contributed by atoms with E-state index in [-0.39, 0.29) is 0 Å². The highest BCUT2D eigenvalue weighted by Gasteiger charge is 1.98. The van der Waals surface area contributed by atoms with Crippen molar-refractivity contribution in [2.75, 3.05) is 12.5 Å². The average Bonchev–Trinajstić information content (AvgIpc) is 2.04. The Labute approximate surface area is 73.6 Å². The zero-order valence-electron chi connectivity index (χ0n) is 6.10. The smallest absolute Gasteiger partial charge is 0.120 e. The maximum Gasteiger partial charge on any atom is 0.120 e. The van der Waals surface area contributed by atoms with Crippen LogP contribution in [0.3, 0.4) is 0 Å². The van der Waals surface area contributed by atoms with Crippen LogP contribution in [0.4, 0.5) is 5.69 Å². The maximum absolute atomic E-state index is 5.22. The molecule has 0 radical (unpaired) electrons. The van der Waals surface area contributed by atoms with Crippen molar-refractivity contribution in [3.05, 3.63) is 22.7 Å². The number of nitrogens with one attached hydrogen (secondary N) is 1. The quantitative estimate of drug-likeness (QED) is 0.585. The Morgan fingerprint density at radius 2 is 2.27 bits per heavy atom. The first-order valence-electron chi connectivity index (χ1n) is 3.08. The minimum Gasteiger partial charge on any atom is -0.497 e. The Morgan fingerprint density at radius 1 is 1.55 bits per heavy atom.